The van der Waals surface area contributed by atoms with Gasteiger partial charge in [0.1, 0.15) is 0 Å². The van der Waals surface area contributed by atoms with E-state index in [-0.39, 0.29) is 7.33 Å². The molecule has 0 heterocycles. The number of ether oxygens (including phenoxy) is 3. The molecule has 0 aromatic carbocycles. The number of rotatable bonds is 17. The topological polar surface area (TPSA) is 56.8 Å². The SMILES string of the molecule is CCCCCCCC(=O)NCCOCCOCCOCCC.[HH]. The van der Waals surface area contributed by atoms with Gasteiger partial charge in [-0.3, -0.25) is 4.79 Å². The van der Waals surface area contributed by atoms with E-state index in [2.05, 4.69) is 19.2 Å². The van der Waals surface area contributed by atoms with Crippen LogP contribution in [0.1, 0.15) is 60.2 Å². The molecule has 0 saturated heterocycles. The van der Waals surface area contributed by atoms with Crippen molar-refractivity contribution in [3.05, 3.63) is 0 Å². The zero-order chi connectivity index (χ0) is 16.3. The van der Waals surface area contributed by atoms with Crippen molar-refractivity contribution in [1.82, 2.24) is 5.32 Å². The van der Waals surface area contributed by atoms with Crippen LogP contribution < -0.4 is 5.32 Å². The van der Waals surface area contributed by atoms with Crippen molar-refractivity contribution in [2.24, 2.45) is 0 Å². The molecule has 5 heteroatoms. The number of hydrogen-bond acceptors (Lipinski definition) is 4. The summed E-state index contributed by atoms with van der Waals surface area (Å²) in [5.74, 6) is 0.129. The molecule has 0 aliphatic carbocycles. The third kappa shape index (κ3) is 17.4. The summed E-state index contributed by atoms with van der Waals surface area (Å²) in [6.45, 7) is 8.56. The molecule has 0 aromatic rings. The molecule has 0 aliphatic rings. The monoisotopic (exact) mass is 319 g/mol. The molecule has 0 unspecified atom stereocenters. The molecule has 22 heavy (non-hydrogen) atoms. The molecule has 0 bridgehead atoms. The van der Waals surface area contributed by atoms with E-state index >= 15 is 0 Å². The molecule has 0 radical (unpaired) electrons. The van der Waals surface area contributed by atoms with Crippen LogP contribution in [-0.4, -0.2) is 52.1 Å². The van der Waals surface area contributed by atoms with Crippen molar-refractivity contribution in [1.29, 1.82) is 0 Å². The number of hydrogen-bond donors (Lipinski definition) is 1. The zero-order valence-electron chi connectivity index (χ0n) is 14.5. The molecule has 0 atom stereocenters. The minimum absolute atomic E-state index is 0. The largest absolute Gasteiger partial charge is 0.379 e. The van der Waals surface area contributed by atoms with Crippen LogP contribution in [0.5, 0.6) is 0 Å². The van der Waals surface area contributed by atoms with Crippen molar-refractivity contribution in [3.8, 4) is 0 Å². The number of amides is 1. The fraction of sp³-hybridized carbons (Fsp3) is 0.941. The summed E-state index contributed by atoms with van der Waals surface area (Å²) in [4.78, 5) is 11.5. The van der Waals surface area contributed by atoms with Gasteiger partial charge in [-0.1, -0.05) is 39.5 Å². The van der Waals surface area contributed by atoms with Crippen molar-refractivity contribution in [2.45, 2.75) is 58.8 Å². The van der Waals surface area contributed by atoms with Gasteiger partial charge in [0.2, 0.25) is 5.91 Å². The Bertz CT molecular complexity index is 243. The first-order chi connectivity index (χ1) is 10.8. The maximum atomic E-state index is 11.5. The minimum atomic E-state index is 0. The third-order valence-electron chi connectivity index (χ3n) is 3.17. The minimum Gasteiger partial charge on any atom is -0.379 e. The fourth-order valence-corrected chi connectivity index (χ4v) is 1.93. The molecule has 0 spiro atoms. The first-order valence-corrected chi connectivity index (χ1v) is 8.81. The molecule has 1 N–H and O–H groups in total. The highest BCUT2D eigenvalue weighted by molar-refractivity contribution is 5.75. The maximum Gasteiger partial charge on any atom is 0.220 e. The van der Waals surface area contributed by atoms with Crippen molar-refractivity contribution in [3.63, 3.8) is 0 Å². The Morgan fingerprint density at radius 3 is 2.00 bits per heavy atom. The van der Waals surface area contributed by atoms with Crippen molar-refractivity contribution in [2.75, 3.05) is 46.2 Å². The van der Waals surface area contributed by atoms with Crippen LogP contribution in [0.3, 0.4) is 0 Å². The van der Waals surface area contributed by atoms with E-state index in [1.807, 2.05) is 0 Å². The van der Waals surface area contributed by atoms with E-state index in [9.17, 15) is 4.79 Å². The normalized spacial score (nSPS) is 10.8. The Kier molecular flexibility index (Phi) is 17.9. The van der Waals surface area contributed by atoms with E-state index in [0.29, 0.717) is 46.0 Å². The van der Waals surface area contributed by atoms with Crippen LogP contribution in [0, 0.1) is 0 Å². The van der Waals surface area contributed by atoms with Crippen LogP contribution in [0.15, 0.2) is 0 Å². The molecule has 0 saturated carbocycles. The van der Waals surface area contributed by atoms with Gasteiger partial charge in [0, 0.05) is 21.0 Å². The van der Waals surface area contributed by atoms with Gasteiger partial charge in [0.05, 0.1) is 33.0 Å². The molecule has 0 fully saturated rings. The Labute approximate surface area is 137 Å². The Hall–Kier alpha value is -0.650. The molecule has 0 aliphatic heterocycles. The van der Waals surface area contributed by atoms with Gasteiger partial charge in [-0.05, 0) is 12.8 Å². The maximum absolute atomic E-state index is 11.5. The lowest BCUT2D eigenvalue weighted by atomic mass is 10.1. The standard InChI is InChI=1S/C17H35NO4.H2/c1-3-5-6-7-8-9-17(19)18-10-12-21-14-16-22-15-13-20-11-4-2;/h3-16H2,1-2H3,(H,18,19);1H. The predicted molar refractivity (Wildman–Crippen MR) is 91.2 cm³/mol. The highest BCUT2D eigenvalue weighted by Gasteiger charge is 2.00. The van der Waals surface area contributed by atoms with Crippen LogP contribution in [0.4, 0.5) is 0 Å². The predicted octanol–water partition coefficient (Wildman–Crippen LogP) is 3.17. The first-order valence-electron chi connectivity index (χ1n) is 8.81. The molecule has 0 rings (SSSR count). The summed E-state index contributed by atoms with van der Waals surface area (Å²) >= 11 is 0. The van der Waals surface area contributed by atoms with Gasteiger partial charge in [0.25, 0.3) is 0 Å². The second kappa shape index (κ2) is 18.4. The molecule has 5 nitrogen and oxygen atoms in total. The van der Waals surface area contributed by atoms with Gasteiger partial charge in [-0.15, -0.1) is 0 Å². The van der Waals surface area contributed by atoms with E-state index in [1.54, 1.807) is 0 Å². The highest BCUT2D eigenvalue weighted by Crippen LogP contribution is 2.04. The summed E-state index contributed by atoms with van der Waals surface area (Å²) in [5, 5.41) is 2.87. The number of carbonyl (C=O) groups is 1. The number of carbonyl (C=O) groups excluding carboxylic acids is 1. The summed E-state index contributed by atoms with van der Waals surface area (Å²) < 4.78 is 16.0. The lowest BCUT2D eigenvalue weighted by Gasteiger charge is -2.07. The van der Waals surface area contributed by atoms with Gasteiger partial charge in [-0.2, -0.15) is 0 Å². The Morgan fingerprint density at radius 1 is 0.773 bits per heavy atom. The molecule has 134 valence electrons. The first kappa shape index (κ1) is 21.4. The van der Waals surface area contributed by atoms with E-state index in [0.717, 1.165) is 25.9 Å². The summed E-state index contributed by atoms with van der Waals surface area (Å²) in [6.07, 6.45) is 7.54. The average molecular weight is 319 g/mol. The van der Waals surface area contributed by atoms with E-state index in [1.165, 1.54) is 19.3 Å². The lowest BCUT2D eigenvalue weighted by molar-refractivity contribution is -0.121. The van der Waals surface area contributed by atoms with Crippen molar-refractivity contribution >= 4 is 5.91 Å². The number of unbranched alkanes of at least 4 members (excludes halogenated alkanes) is 4. The summed E-state index contributed by atoms with van der Waals surface area (Å²) in [5.41, 5.74) is 0. The van der Waals surface area contributed by atoms with Gasteiger partial charge in [0.15, 0.2) is 0 Å². The lowest BCUT2D eigenvalue weighted by Crippen LogP contribution is -2.27. The van der Waals surface area contributed by atoms with E-state index < -0.39 is 0 Å². The van der Waals surface area contributed by atoms with Crippen LogP contribution in [0.2, 0.25) is 0 Å². The second-order valence-corrected chi connectivity index (χ2v) is 5.35. The van der Waals surface area contributed by atoms with E-state index in [4.69, 9.17) is 14.2 Å². The second-order valence-electron chi connectivity index (χ2n) is 5.35. The molecular formula is C17H37NO4. The van der Waals surface area contributed by atoms with Crippen LogP contribution in [0.25, 0.3) is 0 Å². The molecule has 0 aromatic heterocycles. The van der Waals surface area contributed by atoms with Crippen LogP contribution in [-0.2, 0) is 19.0 Å². The Balaban J connectivity index is 0. The number of nitrogens with one attached hydrogen (secondary N) is 1. The average Bonchev–Trinajstić information content (AvgIpc) is 2.52. The van der Waals surface area contributed by atoms with Crippen molar-refractivity contribution < 1.29 is 20.4 Å². The van der Waals surface area contributed by atoms with Gasteiger partial charge >= 0.3 is 0 Å². The molecular weight excluding hydrogens is 282 g/mol. The summed E-state index contributed by atoms with van der Waals surface area (Å²) in [6, 6.07) is 0. The van der Waals surface area contributed by atoms with Crippen LogP contribution >= 0.6 is 0 Å². The van der Waals surface area contributed by atoms with Gasteiger partial charge < -0.3 is 19.5 Å². The van der Waals surface area contributed by atoms with Gasteiger partial charge in [-0.25, -0.2) is 0 Å². The smallest absolute Gasteiger partial charge is 0.220 e. The fourth-order valence-electron chi connectivity index (χ4n) is 1.93. The third-order valence-corrected chi connectivity index (χ3v) is 3.17. The molecule has 1 amide bonds. The highest BCUT2D eigenvalue weighted by atomic mass is 16.5. The Morgan fingerprint density at radius 2 is 1.36 bits per heavy atom. The zero-order valence-corrected chi connectivity index (χ0v) is 14.5. The summed E-state index contributed by atoms with van der Waals surface area (Å²) in [7, 11) is 0. The quantitative estimate of drug-likeness (QED) is 0.418.